The number of nitrogens with zero attached hydrogens (tertiary/aromatic N) is 1. The molecule has 1 heterocycles. The molecular formula is C18H25N3O2. The van der Waals surface area contributed by atoms with Crippen LogP contribution in [-0.2, 0) is 11.2 Å². The minimum absolute atomic E-state index is 0.201. The van der Waals surface area contributed by atoms with Crippen molar-refractivity contribution in [3.63, 3.8) is 0 Å². The fraction of sp³-hybridized carbons (Fsp3) is 0.556. The molecule has 0 aromatic heterocycles. The maximum atomic E-state index is 12.0. The van der Waals surface area contributed by atoms with Gasteiger partial charge in [-0.3, -0.25) is 4.79 Å². The highest BCUT2D eigenvalue weighted by molar-refractivity contribution is 5.89. The highest BCUT2D eigenvalue weighted by Crippen LogP contribution is 2.32. The number of hydrogen-bond acceptors (Lipinski definition) is 2. The lowest BCUT2D eigenvalue weighted by molar-refractivity contribution is -0.128. The summed E-state index contributed by atoms with van der Waals surface area (Å²) in [4.78, 5) is 25.9. The van der Waals surface area contributed by atoms with Crippen molar-refractivity contribution in [1.82, 2.24) is 10.2 Å². The molecule has 3 rings (SSSR count). The van der Waals surface area contributed by atoms with Gasteiger partial charge in [0.15, 0.2) is 0 Å². The number of benzene rings is 1. The Labute approximate surface area is 137 Å². The van der Waals surface area contributed by atoms with E-state index in [2.05, 4.69) is 24.5 Å². The van der Waals surface area contributed by atoms with E-state index in [4.69, 9.17) is 0 Å². The van der Waals surface area contributed by atoms with E-state index in [0.29, 0.717) is 19.0 Å². The lowest BCUT2D eigenvalue weighted by Gasteiger charge is -2.16. The number of carbonyl (C=O) groups is 2. The molecule has 2 N–H and O–H groups in total. The van der Waals surface area contributed by atoms with Gasteiger partial charge in [-0.15, -0.1) is 0 Å². The zero-order valence-electron chi connectivity index (χ0n) is 13.9. The van der Waals surface area contributed by atoms with Crippen molar-refractivity contribution in [2.75, 3.05) is 18.4 Å². The largest absolute Gasteiger partial charge is 0.339 e. The average Bonchev–Trinajstić information content (AvgIpc) is 3.30. The molecule has 0 spiro atoms. The van der Waals surface area contributed by atoms with E-state index in [1.165, 1.54) is 11.1 Å². The van der Waals surface area contributed by atoms with E-state index in [9.17, 15) is 9.59 Å². The highest BCUT2D eigenvalue weighted by atomic mass is 16.2. The Balaban J connectivity index is 1.47. The standard InChI is InChI=1S/C18H25N3O2/c1-3-14-9-15(5-4-12(14)2)20-18(23)19-10-13-8-17(22)21(11-13)16-6-7-16/h4-5,9,13,16H,3,6-8,10-11H2,1-2H3,(H2,19,20,23)/t13-/m0/s1. The minimum Gasteiger partial charge on any atom is -0.339 e. The van der Waals surface area contributed by atoms with Crippen LogP contribution >= 0.6 is 0 Å². The van der Waals surface area contributed by atoms with Crippen LogP contribution in [0.1, 0.15) is 37.3 Å². The van der Waals surface area contributed by atoms with Crippen LogP contribution < -0.4 is 10.6 Å². The van der Waals surface area contributed by atoms with Crippen molar-refractivity contribution in [3.05, 3.63) is 29.3 Å². The summed E-state index contributed by atoms with van der Waals surface area (Å²) in [5.74, 6) is 0.476. The number of carbonyl (C=O) groups excluding carboxylic acids is 2. The summed E-state index contributed by atoms with van der Waals surface area (Å²) in [6.45, 7) is 5.52. The molecule has 1 aliphatic heterocycles. The molecule has 1 atom stereocenters. The fourth-order valence-electron chi connectivity index (χ4n) is 3.23. The topological polar surface area (TPSA) is 61.4 Å². The monoisotopic (exact) mass is 315 g/mol. The first-order chi connectivity index (χ1) is 11.1. The molecule has 0 unspecified atom stereocenters. The molecule has 1 aliphatic carbocycles. The van der Waals surface area contributed by atoms with Crippen LogP contribution in [0.2, 0.25) is 0 Å². The molecule has 3 amide bonds. The van der Waals surface area contributed by atoms with Gasteiger partial charge in [0.2, 0.25) is 5.91 Å². The van der Waals surface area contributed by atoms with Crippen LogP contribution in [0.5, 0.6) is 0 Å². The second-order valence-corrected chi connectivity index (χ2v) is 6.68. The third-order valence-electron chi connectivity index (χ3n) is 4.77. The van der Waals surface area contributed by atoms with Gasteiger partial charge in [0.05, 0.1) is 0 Å². The molecule has 1 aromatic carbocycles. The Bertz CT molecular complexity index is 610. The van der Waals surface area contributed by atoms with E-state index < -0.39 is 0 Å². The van der Waals surface area contributed by atoms with Crippen molar-refractivity contribution < 1.29 is 9.59 Å². The summed E-state index contributed by atoms with van der Waals surface area (Å²) >= 11 is 0. The lowest BCUT2D eigenvalue weighted by atomic mass is 10.1. The van der Waals surface area contributed by atoms with Crippen LogP contribution in [0.3, 0.4) is 0 Å². The summed E-state index contributed by atoms with van der Waals surface area (Å²) < 4.78 is 0. The predicted octanol–water partition coefficient (Wildman–Crippen LogP) is 2.69. The second-order valence-electron chi connectivity index (χ2n) is 6.68. The zero-order chi connectivity index (χ0) is 16.4. The Morgan fingerprint density at radius 3 is 2.83 bits per heavy atom. The van der Waals surface area contributed by atoms with Gasteiger partial charge < -0.3 is 15.5 Å². The van der Waals surface area contributed by atoms with Crippen molar-refractivity contribution in [2.24, 2.45) is 5.92 Å². The van der Waals surface area contributed by atoms with Crippen LogP contribution in [0, 0.1) is 12.8 Å². The van der Waals surface area contributed by atoms with Crippen LogP contribution in [0.25, 0.3) is 0 Å². The number of urea groups is 1. The first-order valence-corrected chi connectivity index (χ1v) is 8.50. The van der Waals surface area contributed by atoms with Crippen molar-refractivity contribution in [3.8, 4) is 0 Å². The summed E-state index contributed by atoms with van der Waals surface area (Å²) in [7, 11) is 0. The molecule has 0 radical (unpaired) electrons. The van der Waals surface area contributed by atoms with Gasteiger partial charge in [0.25, 0.3) is 0 Å². The van der Waals surface area contributed by atoms with E-state index >= 15 is 0 Å². The summed E-state index contributed by atoms with van der Waals surface area (Å²) in [6.07, 6.45) is 3.78. The van der Waals surface area contributed by atoms with E-state index in [0.717, 1.165) is 31.5 Å². The van der Waals surface area contributed by atoms with Crippen molar-refractivity contribution in [2.45, 2.75) is 45.6 Å². The SMILES string of the molecule is CCc1cc(NC(=O)NC[C@@H]2CC(=O)N(C3CC3)C2)ccc1C. The number of rotatable bonds is 5. The average molecular weight is 315 g/mol. The molecule has 5 heteroatoms. The van der Waals surface area contributed by atoms with E-state index in [-0.39, 0.29) is 17.9 Å². The van der Waals surface area contributed by atoms with E-state index in [1.807, 2.05) is 23.1 Å². The summed E-state index contributed by atoms with van der Waals surface area (Å²) in [5, 5.41) is 5.77. The Kier molecular flexibility index (Phi) is 4.55. The van der Waals surface area contributed by atoms with Crippen molar-refractivity contribution >= 4 is 17.6 Å². The molecule has 1 saturated heterocycles. The number of anilines is 1. The van der Waals surface area contributed by atoms with Crippen molar-refractivity contribution in [1.29, 1.82) is 0 Å². The third kappa shape index (κ3) is 3.84. The minimum atomic E-state index is -0.201. The Morgan fingerprint density at radius 1 is 1.35 bits per heavy atom. The number of likely N-dealkylation sites (tertiary alicyclic amines) is 1. The first-order valence-electron chi connectivity index (χ1n) is 8.50. The smallest absolute Gasteiger partial charge is 0.319 e. The van der Waals surface area contributed by atoms with Crippen LogP contribution in [0.4, 0.5) is 10.5 Å². The molecule has 1 saturated carbocycles. The molecule has 2 fully saturated rings. The second kappa shape index (κ2) is 6.60. The quantitative estimate of drug-likeness (QED) is 0.877. The highest BCUT2D eigenvalue weighted by Gasteiger charge is 2.39. The summed E-state index contributed by atoms with van der Waals surface area (Å²) in [6, 6.07) is 6.23. The zero-order valence-corrected chi connectivity index (χ0v) is 13.9. The van der Waals surface area contributed by atoms with Gasteiger partial charge in [-0.05, 0) is 49.4 Å². The maximum absolute atomic E-state index is 12.0. The van der Waals surface area contributed by atoms with E-state index in [1.54, 1.807) is 0 Å². The number of nitrogens with one attached hydrogen (secondary N) is 2. The summed E-state index contributed by atoms with van der Waals surface area (Å²) in [5.41, 5.74) is 3.29. The van der Waals surface area contributed by atoms with Gasteiger partial charge in [-0.25, -0.2) is 4.79 Å². The molecule has 124 valence electrons. The predicted molar refractivity (Wildman–Crippen MR) is 90.4 cm³/mol. The first kappa shape index (κ1) is 15.8. The molecule has 5 nitrogen and oxygen atoms in total. The van der Waals surface area contributed by atoms with Gasteiger partial charge in [-0.1, -0.05) is 13.0 Å². The number of aryl methyl sites for hydroxylation is 2. The maximum Gasteiger partial charge on any atom is 0.319 e. The van der Waals surface area contributed by atoms with Crippen LogP contribution in [0.15, 0.2) is 18.2 Å². The molecular weight excluding hydrogens is 290 g/mol. The van der Waals surface area contributed by atoms with Gasteiger partial charge >= 0.3 is 6.03 Å². The Morgan fingerprint density at radius 2 is 2.13 bits per heavy atom. The van der Waals surface area contributed by atoms with Crippen LogP contribution in [-0.4, -0.2) is 36.0 Å². The third-order valence-corrected chi connectivity index (χ3v) is 4.77. The molecule has 23 heavy (non-hydrogen) atoms. The number of amides is 3. The fourth-order valence-corrected chi connectivity index (χ4v) is 3.23. The lowest BCUT2D eigenvalue weighted by Crippen LogP contribution is -2.34. The Hall–Kier alpha value is -2.04. The molecule has 2 aliphatic rings. The molecule has 0 bridgehead atoms. The normalized spacial score (nSPS) is 20.7. The molecule has 1 aromatic rings. The number of hydrogen-bond donors (Lipinski definition) is 2. The van der Waals surface area contributed by atoms with Gasteiger partial charge in [0.1, 0.15) is 0 Å². The van der Waals surface area contributed by atoms with Gasteiger partial charge in [0, 0.05) is 37.2 Å². The van der Waals surface area contributed by atoms with Gasteiger partial charge in [-0.2, -0.15) is 0 Å².